The van der Waals surface area contributed by atoms with Crippen molar-refractivity contribution in [1.29, 1.82) is 0 Å². The summed E-state index contributed by atoms with van der Waals surface area (Å²) in [5, 5.41) is 9.18. The zero-order chi connectivity index (χ0) is 12.5. The van der Waals surface area contributed by atoms with Gasteiger partial charge in [-0.25, -0.2) is 0 Å². The summed E-state index contributed by atoms with van der Waals surface area (Å²) in [6.07, 6.45) is 4.22. The number of H-pyrrole nitrogens is 1. The van der Waals surface area contributed by atoms with Crippen LogP contribution in [0.4, 0.5) is 5.69 Å². The summed E-state index contributed by atoms with van der Waals surface area (Å²) in [6, 6.07) is 5.34. The van der Waals surface area contributed by atoms with Gasteiger partial charge < -0.3 is 5.32 Å². The number of aryl methyl sites for hydroxylation is 1. The maximum atomic E-state index is 12.1. The van der Waals surface area contributed by atoms with Crippen molar-refractivity contribution in [2.75, 3.05) is 5.32 Å². The first-order valence-corrected chi connectivity index (χ1v) is 5.70. The smallest absolute Gasteiger partial charge is 0.224 e. The Hall–Kier alpha value is -2.43. The lowest BCUT2D eigenvalue weighted by atomic mass is 9.97. The summed E-state index contributed by atoms with van der Waals surface area (Å²) >= 11 is 0. The van der Waals surface area contributed by atoms with Gasteiger partial charge in [-0.2, -0.15) is 5.10 Å². The van der Waals surface area contributed by atoms with E-state index in [1.807, 2.05) is 6.07 Å². The van der Waals surface area contributed by atoms with Crippen molar-refractivity contribution >= 4 is 17.4 Å². The number of nitrogens with one attached hydrogen (secondary N) is 2. The minimum atomic E-state index is -0.0662. The summed E-state index contributed by atoms with van der Waals surface area (Å²) in [6.45, 7) is 0. The molecular weight excluding hydrogens is 230 g/mol. The standard InChI is InChI=1S/C13H11N3O2/c17-12-4-2-8-5-9(1-3-11(8)16-12)13(18)10-6-14-15-7-10/h1,3,5-7H,2,4H2,(H,14,15)(H,16,17). The third kappa shape index (κ3) is 1.79. The van der Waals surface area contributed by atoms with Gasteiger partial charge in [-0.15, -0.1) is 0 Å². The zero-order valence-corrected chi connectivity index (χ0v) is 9.56. The number of rotatable bonds is 2. The molecule has 0 bridgehead atoms. The van der Waals surface area contributed by atoms with Crippen molar-refractivity contribution in [3.8, 4) is 0 Å². The van der Waals surface area contributed by atoms with Gasteiger partial charge in [0.05, 0.1) is 11.8 Å². The van der Waals surface area contributed by atoms with E-state index in [2.05, 4.69) is 15.5 Å². The van der Waals surface area contributed by atoms with E-state index in [0.29, 0.717) is 24.0 Å². The Morgan fingerprint density at radius 3 is 2.89 bits per heavy atom. The molecule has 0 aliphatic carbocycles. The van der Waals surface area contributed by atoms with Crippen molar-refractivity contribution in [1.82, 2.24) is 10.2 Å². The number of carbonyl (C=O) groups excluding carboxylic acids is 2. The number of anilines is 1. The molecule has 3 rings (SSSR count). The SMILES string of the molecule is O=C1CCc2cc(C(=O)c3cn[nH]c3)ccc2N1. The van der Waals surface area contributed by atoms with Crippen molar-refractivity contribution in [2.24, 2.45) is 0 Å². The summed E-state index contributed by atoms with van der Waals surface area (Å²) in [5.74, 6) is -0.0418. The van der Waals surface area contributed by atoms with Crippen LogP contribution in [0.5, 0.6) is 0 Å². The van der Waals surface area contributed by atoms with Crippen LogP contribution in [0, 0.1) is 0 Å². The van der Waals surface area contributed by atoms with Gasteiger partial charge in [0.2, 0.25) is 5.91 Å². The molecule has 5 heteroatoms. The van der Waals surface area contributed by atoms with E-state index in [9.17, 15) is 9.59 Å². The topological polar surface area (TPSA) is 74.8 Å². The second-order valence-electron chi connectivity index (χ2n) is 4.24. The predicted molar refractivity (Wildman–Crippen MR) is 65.4 cm³/mol. The molecule has 1 aromatic carbocycles. The Balaban J connectivity index is 1.95. The van der Waals surface area contributed by atoms with E-state index in [4.69, 9.17) is 0 Å². The number of ketones is 1. The number of hydrogen-bond acceptors (Lipinski definition) is 3. The Kier molecular flexibility index (Phi) is 2.44. The lowest BCUT2D eigenvalue weighted by Gasteiger charge is -2.17. The van der Waals surface area contributed by atoms with Gasteiger partial charge in [0.1, 0.15) is 0 Å². The first kappa shape index (κ1) is 10.7. The third-order valence-corrected chi connectivity index (χ3v) is 3.02. The molecule has 5 nitrogen and oxygen atoms in total. The van der Waals surface area contributed by atoms with Gasteiger partial charge >= 0.3 is 0 Å². The van der Waals surface area contributed by atoms with Crippen LogP contribution in [-0.2, 0) is 11.2 Å². The first-order chi connectivity index (χ1) is 8.74. The molecular formula is C13H11N3O2. The van der Waals surface area contributed by atoms with E-state index >= 15 is 0 Å². The molecule has 1 amide bonds. The van der Waals surface area contributed by atoms with E-state index in [1.165, 1.54) is 6.20 Å². The number of nitrogens with zero attached hydrogens (tertiary/aromatic N) is 1. The highest BCUT2D eigenvalue weighted by molar-refractivity contribution is 6.09. The minimum Gasteiger partial charge on any atom is -0.326 e. The summed E-state index contributed by atoms with van der Waals surface area (Å²) < 4.78 is 0. The van der Waals surface area contributed by atoms with Crippen molar-refractivity contribution in [3.05, 3.63) is 47.3 Å². The lowest BCUT2D eigenvalue weighted by Crippen LogP contribution is -2.19. The number of aromatic amines is 1. The van der Waals surface area contributed by atoms with Crippen molar-refractivity contribution < 1.29 is 9.59 Å². The Bertz CT molecular complexity index is 617. The highest BCUT2D eigenvalue weighted by Crippen LogP contribution is 2.24. The maximum Gasteiger partial charge on any atom is 0.224 e. The van der Waals surface area contributed by atoms with Gasteiger partial charge in [-0.05, 0) is 30.2 Å². The summed E-state index contributed by atoms with van der Waals surface area (Å²) in [4.78, 5) is 23.4. The van der Waals surface area contributed by atoms with Crippen molar-refractivity contribution in [2.45, 2.75) is 12.8 Å². The monoisotopic (exact) mass is 241 g/mol. The predicted octanol–water partition coefficient (Wildman–Crippen LogP) is 1.53. The normalized spacial score (nSPS) is 13.9. The highest BCUT2D eigenvalue weighted by atomic mass is 16.1. The average molecular weight is 241 g/mol. The van der Waals surface area contributed by atoms with Crippen molar-refractivity contribution in [3.63, 3.8) is 0 Å². The summed E-state index contributed by atoms with van der Waals surface area (Å²) in [5.41, 5.74) is 2.96. The van der Waals surface area contributed by atoms with Crippen LogP contribution in [-0.4, -0.2) is 21.9 Å². The van der Waals surface area contributed by atoms with Crippen LogP contribution in [0.25, 0.3) is 0 Å². The van der Waals surface area contributed by atoms with Gasteiger partial charge in [-0.1, -0.05) is 0 Å². The molecule has 0 spiro atoms. The Morgan fingerprint density at radius 2 is 2.11 bits per heavy atom. The fourth-order valence-corrected chi connectivity index (χ4v) is 2.07. The van der Waals surface area contributed by atoms with Crippen LogP contribution in [0.3, 0.4) is 0 Å². The molecule has 1 aliphatic rings. The molecule has 0 radical (unpaired) electrons. The molecule has 18 heavy (non-hydrogen) atoms. The molecule has 0 saturated heterocycles. The molecule has 0 unspecified atom stereocenters. The third-order valence-electron chi connectivity index (χ3n) is 3.02. The number of hydrogen-bond donors (Lipinski definition) is 2. The molecule has 0 saturated carbocycles. The second-order valence-corrected chi connectivity index (χ2v) is 4.24. The van der Waals surface area contributed by atoms with Gasteiger partial charge in [0.15, 0.2) is 5.78 Å². The van der Waals surface area contributed by atoms with Crippen LogP contribution < -0.4 is 5.32 Å². The zero-order valence-electron chi connectivity index (χ0n) is 9.56. The fraction of sp³-hybridized carbons (Fsp3) is 0.154. The molecule has 1 aromatic heterocycles. The molecule has 1 aliphatic heterocycles. The van der Waals surface area contributed by atoms with E-state index in [-0.39, 0.29) is 11.7 Å². The van der Waals surface area contributed by atoms with Crippen LogP contribution >= 0.6 is 0 Å². The van der Waals surface area contributed by atoms with Crippen LogP contribution in [0.1, 0.15) is 27.9 Å². The first-order valence-electron chi connectivity index (χ1n) is 5.70. The van der Waals surface area contributed by atoms with E-state index in [0.717, 1.165) is 11.3 Å². The average Bonchev–Trinajstić information content (AvgIpc) is 2.91. The molecule has 2 N–H and O–H groups in total. The van der Waals surface area contributed by atoms with Crippen LogP contribution in [0.2, 0.25) is 0 Å². The molecule has 0 atom stereocenters. The molecule has 0 fully saturated rings. The number of amides is 1. The van der Waals surface area contributed by atoms with Gasteiger partial charge in [0.25, 0.3) is 0 Å². The Labute approximate surface area is 103 Å². The maximum absolute atomic E-state index is 12.1. The number of benzene rings is 1. The second kappa shape index (κ2) is 4.10. The number of carbonyl (C=O) groups is 2. The number of aromatic nitrogens is 2. The van der Waals surface area contributed by atoms with E-state index < -0.39 is 0 Å². The molecule has 2 heterocycles. The summed E-state index contributed by atoms with van der Waals surface area (Å²) in [7, 11) is 0. The van der Waals surface area contributed by atoms with Gasteiger partial charge in [0, 0.05) is 23.9 Å². The highest BCUT2D eigenvalue weighted by Gasteiger charge is 2.17. The minimum absolute atomic E-state index is 0.0245. The largest absolute Gasteiger partial charge is 0.326 e. The fourth-order valence-electron chi connectivity index (χ4n) is 2.07. The van der Waals surface area contributed by atoms with E-state index in [1.54, 1.807) is 18.3 Å². The molecule has 2 aromatic rings. The quantitative estimate of drug-likeness (QED) is 0.783. The molecule has 90 valence electrons. The van der Waals surface area contributed by atoms with Crippen LogP contribution in [0.15, 0.2) is 30.6 Å². The lowest BCUT2D eigenvalue weighted by molar-refractivity contribution is -0.116. The van der Waals surface area contributed by atoms with Gasteiger partial charge in [-0.3, -0.25) is 14.7 Å². The number of fused-ring (bicyclic) bond motifs is 1. The Morgan fingerprint density at radius 1 is 1.22 bits per heavy atom.